The molecule has 3 amide bonds. The highest BCUT2D eigenvalue weighted by Gasteiger charge is 2.35. The largest absolute Gasteiger partial charge is 0.381 e. The molecule has 2 saturated heterocycles. The summed E-state index contributed by atoms with van der Waals surface area (Å²) in [5, 5.41) is 6.50. The number of hydrogen-bond donors (Lipinski definition) is 2. The van der Waals surface area contributed by atoms with E-state index in [4.69, 9.17) is 16.3 Å². The number of likely N-dealkylation sites (tertiary alicyclic amines) is 1. The SMILES string of the molecule is O=C(Nc1ccc(Cl)cc1)C1CCCN1C(=O)NC1CCOCC1. The zero-order valence-corrected chi connectivity index (χ0v) is 14.2. The molecule has 2 N–H and O–H groups in total. The lowest BCUT2D eigenvalue weighted by atomic mass is 10.1. The Labute approximate surface area is 146 Å². The Hall–Kier alpha value is -1.79. The third-order valence-corrected chi connectivity index (χ3v) is 4.73. The Morgan fingerprint density at radius 3 is 2.54 bits per heavy atom. The Morgan fingerprint density at radius 2 is 1.83 bits per heavy atom. The number of nitrogens with one attached hydrogen (secondary N) is 2. The molecular formula is C17H22ClN3O3. The first-order chi connectivity index (χ1) is 11.6. The van der Waals surface area contributed by atoms with Crippen LogP contribution in [0.2, 0.25) is 5.02 Å². The molecule has 2 aliphatic rings. The van der Waals surface area contributed by atoms with Crippen LogP contribution in [0.4, 0.5) is 10.5 Å². The minimum atomic E-state index is -0.430. The van der Waals surface area contributed by atoms with Gasteiger partial charge in [-0.15, -0.1) is 0 Å². The molecule has 3 rings (SSSR count). The van der Waals surface area contributed by atoms with Crippen molar-refractivity contribution in [2.24, 2.45) is 0 Å². The van der Waals surface area contributed by atoms with E-state index < -0.39 is 6.04 Å². The number of ether oxygens (including phenoxy) is 1. The number of amides is 3. The maximum Gasteiger partial charge on any atom is 0.318 e. The van der Waals surface area contributed by atoms with Crippen molar-refractivity contribution in [1.29, 1.82) is 0 Å². The minimum Gasteiger partial charge on any atom is -0.381 e. The Bertz CT molecular complexity index is 587. The number of rotatable bonds is 3. The van der Waals surface area contributed by atoms with E-state index in [-0.39, 0.29) is 18.0 Å². The van der Waals surface area contributed by atoms with Crippen LogP contribution in [0.5, 0.6) is 0 Å². The monoisotopic (exact) mass is 351 g/mol. The average Bonchev–Trinajstić information content (AvgIpc) is 3.08. The van der Waals surface area contributed by atoms with Crippen molar-refractivity contribution in [3.8, 4) is 0 Å². The summed E-state index contributed by atoms with van der Waals surface area (Å²) >= 11 is 5.85. The standard InChI is InChI=1S/C17H22ClN3O3/c18-12-3-5-13(6-4-12)19-16(22)15-2-1-9-21(15)17(23)20-14-7-10-24-11-8-14/h3-6,14-15H,1-2,7-11H2,(H,19,22)(H,20,23). The third-order valence-electron chi connectivity index (χ3n) is 4.48. The highest BCUT2D eigenvalue weighted by molar-refractivity contribution is 6.30. The van der Waals surface area contributed by atoms with Gasteiger partial charge in [0.25, 0.3) is 0 Å². The second-order valence-electron chi connectivity index (χ2n) is 6.18. The van der Waals surface area contributed by atoms with Crippen molar-refractivity contribution in [2.45, 2.75) is 37.8 Å². The molecule has 0 aromatic heterocycles. The highest BCUT2D eigenvalue weighted by Crippen LogP contribution is 2.21. The van der Waals surface area contributed by atoms with Gasteiger partial charge in [0.15, 0.2) is 0 Å². The van der Waals surface area contributed by atoms with Crippen LogP contribution in [0.1, 0.15) is 25.7 Å². The summed E-state index contributed by atoms with van der Waals surface area (Å²) in [6.45, 7) is 1.95. The number of carbonyl (C=O) groups excluding carboxylic acids is 2. The van der Waals surface area contributed by atoms with Gasteiger partial charge in [0.1, 0.15) is 6.04 Å². The van der Waals surface area contributed by atoms with Gasteiger partial charge in [0, 0.05) is 36.5 Å². The van der Waals surface area contributed by atoms with Crippen LogP contribution in [-0.4, -0.2) is 48.7 Å². The molecule has 1 aromatic rings. The molecule has 6 nitrogen and oxygen atoms in total. The van der Waals surface area contributed by atoms with E-state index >= 15 is 0 Å². The predicted octanol–water partition coefficient (Wildman–Crippen LogP) is 2.63. The van der Waals surface area contributed by atoms with Gasteiger partial charge in [0.05, 0.1) is 0 Å². The van der Waals surface area contributed by atoms with E-state index in [2.05, 4.69) is 10.6 Å². The molecule has 0 aliphatic carbocycles. The zero-order chi connectivity index (χ0) is 16.9. The summed E-state index contributed by atoms with van der Waals surface area (Å²) < 4.78 is 5.30. The van der Waals surface area contributed by atoms with E-state index in [0.717, 1.165) is 19.3 Å². The van der Waals surface area contributed by atoms with Gasteiger partial charge in [-0.3, -0.25) is 4.79 Å². The number of benzene rings is 1. The highest BCUT2D eigenvalue weighted by atomic mass is 35.5. The lowest BCUT2D eigenvalue weighted by Gasteiger charge is -2.29. The van der Waals surface area contributed by atoms with Crippen LogP contribution >= 0.6 is 11.6 Å². The smallest absolute Gasteiger partial charge is 0.318 e. The predicted molar refractivity (Wildman–Crippen MR) is 92.2 cm³/mol. The van der Waals surface area contributed by atoms with Crippen molar-refractivity contribution >= 4 is 29.2 Å². The molecule has 0 bridgehead atoms. The molecule has 0 saturated carbocycles. The van der Waals surface area contributed by atoms with Gasteiger partial charge in [-0.1, -0.05) is 11.6 Å². The maximum absolute atomic E-state index is 12.5. The van der Waals surface area contributed by atoms with Crippen molar-refractivity contribution in [3.63, 3.8) is 0 Å². The van der Waals surface area contributed by atoms with E-state index in [1.165, 1.54) is 0 Å². The minimum absolute atomic E-state index is 0.131. The molecule has 1 atom stereocenters. The number of anilines is 1. The number of nitrogens with zero attached hydrogens (tertiary/aromatic N) is 1. The van der Waals surface area contributed by atoms with Crippen LogP contribution in [0.25, 0.3) is 0 Å². The van der Waals surface area contributed by atoms with Gasteiger partial charge in [0.2, 0.25) is 5.91 Å². The lowest BCUT2D eigenvalue weighted by molar-refractivity contribution is -0.119. The fourth-order valence-corrected chi connectivity index (χ4v) is 3.27. The first kappa shape index (κ1) is 17.0. The Morgan fingerprint density at radius 1 is 1.12 bits per heavy atom. The normalized spacial score (nSPS) is 21.5. The van der Waals surface area contributed by atoms with Crippen molar-refractivity contribution in [3.05, 3.63) is 29.3 Å². The van der Waals surface area contributed by atoms with Crippen LogP contribution in [0.3, 0.4) is 0 Å². The molecule has 0 spiro atoms. The van der Waals surface area contributed by atoms with Gasteiger partial charge in [-0.2, -0.15) is 0 Å². The van der Waals surface area contributed by atoms with E-state index in [1.807, 2.05) is 0 Å². The number of urea groups is 1. The molecule has 0 radical (unpaired) electrons. The van der Waals surface area contributed by atoms with Crippen LogP contribution in [-0.2, 0) is 9.53 Å². The topological polar surface area (TPSA) is 70.7 Å². The Balaban J connectivity index is 1.58. The molecule has 24 heavy (non-hydrogen) atoms. The van der Waals surface area contributed by atoms with Crippen LogP contribution in [0, 0.1) is 0 Å². The van der Waals surface area contributed by atoms with E-state index in [1.54, 1.807) is 29.2 Å². The van der Waals surface area contributed by atoms with Crippen molar-refractivity contribution < 1.29 is 14.3 Å². The summed E-state index contributed by atoms with van der Waals surface area (Å²) in [6.07, 6.45) is 3.16. The third kappa shape index (κ3) is 4.19. The first-order valence-corrected chi connectivity index (χ1v) is 8.72. The first-order valence-electron chi connectivity index (χ1n) is 8.35. The van der Waals surface area contributed by atoms with E-state index in [0.29, 0.717) is 36.9 Å². The van der Waals surface area contributed by atoms with Gasteiger partial charge in [-0.25, -0.2) is 4.79 Å². The van der Waals surface area contributed by atoms with Gasteiger partial charge >= 0.3 is 6.03 Å². The van der Waals surface area contributed by atoms with Crippen LogP contribution in [0.15, 0.2) is 24.3 Å². The van der Waals surface area contributed by atoms with Crippen LogP contribution < -0.4 is 10.6 Å². The lowest BCUT2D eigenvalue weighted by Crippen LogP contribution is -2.51. The second-order valence-corrected chi connectivity index (χ2v) is 6.62. The molecule has 2 aliphatic heterocycles. The molecule has 1 aromatic carbocycles. The summed E-state index contributed by atoms with van der Waals surface area (Å²) in [7, 11) is 0. The number of hydrogen-bond acceptors (Lipinski definition) is 3. The summed E-state index contributed by atoms with van der Waals surface area (Å²) in [4.78, 5) is 26.7. The van der Waals surface area contributed by atoms with Gasteiger partial charge in [-0.05, 0) is 49.9 Å². The quantitative estimate of drug-likeness (QED) is 0.879. The average molecular weight is 352 g/mol. The molecule has 1 unspecified atom stereocenters. The summed E-state index contributed by atoms with van der Waals surface area (Å²) in [5.74, 6) is -0.156. The fraction of sp³-hybridized carbons (Fsp3) is 0.529. The number of carbonyl (C=O) groups is 2. The fourth-order valence-electron chi connectivity index (χ4n) is 3.14. The van der Waals surface area contributed by atoms with Crippen molar-refractivity contribution in [2.75, 3.05) is 25.1 Å². The number of halogens is 1. The molecule has 2 heterocycles. The molecule has 130 valence electrons. The molecule has 2 fully saturated rings. The zero-order valence-electron chi connectivity index (χ0n) is 13.5. The molecule has 7 heteroatoms. The second kappa shape index (κ2) is 7.85. The van der Waals surface area contributed by atoms with E-state index in [9.17, 15) is 9.59 Å². The molecular weight excluding hydrogens is 330 g/mol. The maximum atomic E-state index is 12.5. The summed E-state index contributed by atoms with van der Waals surface area (Å²) in [6, 6.07) is 6.49. The van der Waals surface area contributed by atoms with Gasteiger partial charge < -0.3 is 20.3 Å². The Kier molecular flexibility index (Phi) is 5.58. The van der Waals surface area contributed by atoms with Crippen molar-refractivity contribution in [1.82, 2.24) is 10.2 Å². The summed E-state index contributed by atoms with van der Waals surface area (Å²) in [5.41, 5.74) is 0.682.